The van der Waals surface area contributed by atoms with Crippen molar-refractivity contribution in [3.8, 4) is 0 Å². The van der Waals surface area contributed by atoms with Crippen molar-refractivity contribution in [3.63, 3.8) is 0 Å². The van der Waals surface area contributed by atoms with E-state index in [0.717, 1.165) is 6.42 Å². The predicted octanol–water partition coefficient (Wildman–Crippen LogP) is -2.58. The second-order valence-electron chi connectivity index (χ2n) is 6.68. The molecule has 3 atom stereocenters. The van der Waals surface area contributed by atoms with Crippen LogP contribution >= 0.6 is 0 Å². The number of hydrogen-bond acceptors (Lipinski definition) is 8. The van der Waals surface area contributed by atoms with Gasteiger partial charge >= 0.3 is 12.0 Å². The van der Waals surface area contributed by atoms with Gasteiger partial charge in [0, 0.05) is 12.8 Å². The average molecular weight is 429 g/mol. The molecule has 0 spiro atoms. The number of amides is 4. The first-order valence-electron chi connectivity index (χ1n) is 9.38. The fourth-order valence-electron chi connectivity index (χ4n) is 2.53. The molecular formula is C16H29N8O6+. The number of hydrogen-bond donors (Lipinski definition) is 7. The first-order chi connectivity index (χ1) is 14.1. The Morgan fingerprint density at radius 3 is 2.37 bits per heavy atom. The summed E-state index contributed by atoms with van der Waals surface area (Å²) < 4.78 is 5.08. The third-order valence-electron chi connectivity index (χ3n) is 4.09. The quantitative estimate of drug-likeness (QED) is 0.153. The van der Waals surface area contributed by atoms with Crippen molar-refractivity contribution in [2.75, 3.05) is 6.54 Å². The van der Waals surface area contributed by atoms with Gasteiger partial charge in [0.25, 0.3) is 0 Å². The molecule has 0 aliphatic heterocycles. The highest BCUT2D eigenvalue weighted by Crippen LogP contribution is 2.19. The Labute approximate surface area is 172 Å². The Hall–Kier alpha value is -3.26. The molecule has 0 bridgehead atoms. The van der Waals surface area contributed by atoms with Gasteiger partial charge in [-0.1, -0.05) is 5.16 Å². The van der Waals surface area contributed by atoms with Crippen LogP contribution in [-0.2, 0) is 14.4 Å². The van der Waals surface area contributed by atoms with E-state index in [1.807, 2.05) is 0 Å². The number of urea groups is 1. The molecule has 0 aromatic carbocycles. The van der Waals surface area contributed by atoms with Gasteiger partial charge in [-0.2, -0.15) is 4.98 Å². The number of unbranched alkanes of at least 4 members (excludes halogenated alkanes) is 1. The number of quaternary nitrogens is 1. The Morgan fingerprint density at radius 1 is 1.10 bits per heavy atom. The zero-order valence-corrected chi connectivity index (χ0v) is 16.5. The highest BCUT2D eigenvalue weighted by Gasteiger charge is 2.26. The first kappa shape index (κ1) is 24.8. The zero-order valence-electron chi connectivity index (χ0n) is 16.5. The highest BCUT2D eigenvalue weighted by atomic mass is 16.5. The maximum atomic E-state index is 12.3. The largest absolute Gasteiger partial charge is 0.480 e. The van der Waals surface area contributed by atoms with Gasteiger partial charge in [-0.25, -0.2) is 9.59 Å². The standard InChI is InChI=1S/C16H28N8O6/c17-6-2-1-3-10(15(27)28)22-16(29)21-9(4-5-11(19)25)14-23-13(24-30-14)8(18)7-12(20)26/h8-10H,1-7,17-18H2,(H2,19,25)(H2,20,26)(H,27,28)(H2,21,22,29)/p+1. The third-order valence-corrected chi connectivity index (χ3v) is 4.09. The Morgan fingerprint density at radius 2 is 1.80 bits per heavy atom. The van der Waals surface area contributed by atoms with E-state index < -0.39 is 41.9 Å². The summed E-state index contributed by atoms with van der Waals surface area (Å²) in [5.74, 6) is -2.54. The summed E-state index contributed by atoms with van der Waals surface area (Å²) in [6.07, 6.45) is 1.24. The lowest BCUT2D eigenvalue weighted by Crippen LogP contribution is -2.50. The van der Waals surface area contributed by atoms with E-state index in [-0.39, 0.29) is 37.4 Å². The van der Waals surface area contributed by atoms with Crippen molar-refractivity contribution in [2.45, 2.75) is 56.7 Å². The summed E-state index contributed by atoms with van der Waals surface area (Å²) >= 11 is 0. The van der Waals surface area contributed by atoms with Gasteiger partial charge in [-0.15, -0.1) is 0 Å². The van der Waals surface area contributed by atoms with Crippen molar-refractivity contribution in [2.24, 2.45) is 17.2 Å². The number of aliphatic carboxylic acids is 1. The van der Waals surface area contributed by atoms with Crippen LogP contribution in [0, 0.1) is 0 Å². The predicted molar refractivity (Wildman–Crippen MR) is 101 cm³/mol. The summed E-state index contributed by atoms with van der Waals surface area (Å²) in [6, 6.07) is -3.74. The number of carboxylic acid groups (broad SMARTS) is 1. The van der Waals surface area contributed by atoms with Gasteiger partial charge in [0.1, 0.15) is 12.1 Å². The Bertz CT molecular complexity index is 739. The van der Waals surface area contributed by atoms with E-state index in [9.17, 15) is 24.3 Å². The second-order valence-corrected chi connectivity index (χ2v) is 6.68. The maximum Gasteiger partial charge on any atom is 0.326 e. The molecule has 12 N–H and O–H groups in total. The minimum Gasteiger partial charge on any atom is -0.480 e. The molecule has 14 nitrogen and oxygen atoms in total. The van der Waals surface area contributed by atoms with Crippen molar-refractivity contribution in [1.82, 2.24) is 20.8 Å². The van der Waals surface area contributed by atoms with Gasteiger partial charge < -0.3 is 43.2 Å². The third kappa shape index (κ3) is 8.83. The molecule has 30 heavy (non-hydrogen) atoms. The van der Waals surface area contributed by atoms with Crippen LogP contribution in [0.4, 0.5) is 4.79 Å². The van der Waals surface area contributed by atoms with Crippen molar-refractivity contribution < 1.29 is 34.5 Å². The van der Waals surface area contributed by atoms with E-state index in [4.69, 9.17) is 21.7 Å². The molecule has 168 valence electrons. The van der Waals surface area contributed by atoms with E-state index in [1.165, 1.54) is 0 Å². The van der Waals surface area contributed by atoms with E-state index in [2.05, 4.69) is 26.5 Å². The number of nitrogens with zero attached hydrogens (tertiary/aromatic N) is 2. The summed E-state index contributed by atoms with van der Waals surface area (Å²) in [5.41, 5.74) is 19.7. The normalized spacial score (nSPS) is 13.8. The molecule has 1 rings (SSSR count). The number of nitrogens with two attached hydrogens (primary N) is 3. The zero-order chi connectivity index (χ0) is 22.7. The number of carbonyl (C=O) groups is 4. The van der Waals surface area contributed by atoms with Crippen LogP contribution in [-0.4, -0.2) is 51.6 Å². The Kier molecular flexibility index (Phi) is 10.2. The van der Waals surface area contributed by atoms with Gasteiger partial charge in [-0.05, 0) is 25.7 Å². The molecule has 0 fully saturated rings. The van der Waals surface area contributed by atoms with Crippen molar-refractivity contribution >= 4 is 23.8 Å². The minimum absolute atomic E-state index is 0.00771. The van der Waals surface area contributed by atoms with Crippen LogP contribution in [0.2, 0.25) is 0 Å². The first-order valence-corrected chi connectivity index (χ1v) is 9.38. The molecule has 0 radical (unpaired) electrons. The number of carbonyl (C=O) groups excluding carboxylic acids is 3. The number of rotatable bonds is 14. The van der Waals surface area contributed by atoms with Gasteiger partial charge in [0.05, 0.1) is 12.6 Å². The minimum atomic E-state index is -1.18. The van der Waals surface area contributed by atoms with Gasteiger partial charge in [0.15, 0.2) is 5.82 Å². The van der Waals surface area contributed by atoms with Crippen LogP contribution < -0.4 is 33.6 Å². The van der Waals surface area contributed by atoms with Crippen LogP contribution in [0.25, 0.3) is 0 Å². The molecule has 0 saturated carbocycles. The van der Waals surface area contributed by atoms with Crippen LogP contribution in [0.15, 0.2) is 4.52 Å². The number of aromatic nitrogens is 2. The number of nitrogens with one attached hydrogen (secondary N) is 2. The fraction of sp³-hybridized carbons (Fsp3) is 0.625. The lowest BCUT2D eigenvalue weighted by Gasteiger charge is -2.18. The lowest BCUT2D eigenvalue weighted by molar-refractivity contribution is -0.368. The summed E-state index contributed by atoms with van der Waals surface area (Å²) in [7, 11) is 0. The molecule has 0 aliphatic carbocycles. The van der Waals surface area contributed by atoms with Gasteiger partial charge in [0.2, 0.25) is 17.7 Å². The molecule has 1 heterocycles. The molecule has 0 aliphatic rings. The fourth-order valence-corrected chi connectivity index (χ4v) is 2.53. The van der Waals surface area contributed by atoms with Crippen LogP contribution in [0.3, 0.4) is 0 Å². The summed E-state index contributed by atoms with van der Waals surface area (Å²) in [4.78, 5) is 49.8. The molecule has 4 amide bonds. The molecule has 14 heteroatoms. The molecular weight excluding hydrogens is 400 g/mol. The maximum absolute atomic E-state index is 12.3. The Balaban J connectivity index is 2.86. The monoisotopic (exact) mass is 429 g/mol. The second kappa shape index (κ2) is 12.3. The van der Waals surface area contributed by atoms with Crippen LogP contribution in [0.5, 0.6) is 0 Å². The smallest absolute Gasteiger partial charge is 0.326 e. The molecule has 1 aromatic rings. The topological polar surface area (TPSA) is 257 Å². The van der Waals surface area contributed by atoms with Crippen molar-refractivity contribution in [1.29, 1.82) is 0 Å². The SMILES string of the molecule is NC(=O)CCC(NC(=O)NC(CCCC[NH3+])C(=O)O)c1nc(C(N)CC(N)=O)no1. The van der Waals surface area contributed by atoms with Gasteiger partial charge in [-0.3, -0.25) is 9.59 Å². The van der Waals surface area contributed by atoms with Crippen LogP contribution in [0.1, 0.15) is 62.3 Å². The van der Waals surface area contributed by atoms with Crippen molar-refractivity contribution in [3.05, 3.63) is 11.7 Å². The number of carboxylic acids is 1. The van der Waals surface area contributed by atoms with E-state index >= 15 is 0 Å². The molecule has 0 saturated heterocycles. The average Bonchev–Trinajstić information content (AvgIpc) is 3.13. The highest BCUT2D eigenvalue weighted by molar-refractivity contribution is 5.82. The summed E-state index contributed by atoms with van der Waals surface area (Å²) in [5, 5.41) is 17.8. The lowest BCUT2D eigenvalue weighted by atomic mass is 10.1. The summed E-state index contributed by atoms with van der Waals surface area (Å²) in [6.45, 7) is 0.658. The van der Waals surface area contributed by atoms with E-state index in [0.29, 0.717) is 13.0 Å². The van der Waals surface area contributed by atoms with E-state index in [1.54, 1.807) is 0 Å². The molecule has 3 unspecified atom stereocenters. The number of primary amides is 2. The molecule has 1 aromatic heterocycles.